The predicted octanol–water partition coefficient (Wildman–Crippen LogP) is 2.45. The van der Waals surface area contributed by atoms with Crippen molar-refractivity contribution in [3.05, 3.63) is 29.8 Å². The van der Waals surface area contributed by atoms with E-state index in [1.54, 1.807) is 7.11 Å². The van der Waals surface area contributed by atoms with Crippen LogP contribution in [0.4, 0.5) is 0 Å². The standard InChI is InChI=1S/C13H17NO2/c1-13(2)9-16-12(14-13)8-10-5-4-6-11(7-10)15-3/h4-7H,8-9H2,1-3H3. The Kier molecular flexibility index (Phi) is 2.86. The first-order chi connectivity index (χ1) is 7.59. The van der Waals surface area contributed by atoms with Gasteiger partial charge in [-0.25, -0.2) is 4.99 Å². The van der Waals surface area contributed by atoms with E-state index in [9.17, 15) is 0 Å². The fourth-order valence-corrected chi connectivity index (χ4v) is 1.71. The van der Waals surface area contributed by atoms with Crippen LogP contribution in [-0.2, 0) is 11.2 Å². The van der Waals surface area contributed by atoms with Crippen LogP contribution in [-0.4, -0.2) is 25.2 Å². The first-order valence-corrected chi connectivity index (χ1v) is 5.43. The van der Waals surface area contributed by atoms with Gasteiger partial charge in [0.2, 0.25) is 0 Å². The second kappa shape index (κ2) is 4.16. The van der Waals surface area contributed by atoms with Gasteiger partial charge in [-0.15, -0.1) is 0 Å². The number of hydrogen-bond acceptors (Lipinski definition) is 3. The summed E-state index contributed by atoms with van der Waals surface area (Å²) in [6.45, 7) is 4.82. The quantitative estimate of drug-likeness (QED) is 0.781. The highest BCUT2D eigenvalue weighted by Gasteiger charge is 2.25. The molecule has 0 saturated carbocycles. The van der Waals surface area contributed by atoms with Gasteiger partial charge in [-0.2, -0.15) is 0 Å². The highest BCUT2D eigenvalue weighted by atomic mass is 16.5. The van der Waals surface area contributed by atoms with Crippen LogP contribution >= 0.6 is 0 Å². The third kappa shape index (κ3) is 2.54. The number of aliphatic imine (C=N–C) groups is 1. The molecule has 0 bridgehead atoms. The van der Waals surface area contributed by atoms with Crippen LogP contribution in [0.2, 0.25) is 0 Å². The normalized spacial score (nSPS) is 17.8. The zero-order chi connectivity index (χ0) is 11.6. The lowest BCUT2D eigenvalue weighted by Gasteiger charge is -2.07. The van der Waals surface area contributed by atoms with Crippen LogP contribution in [0.1, 0.15) is 19.4 Å². The van der Waals surface area contributed by atoms with Crippen molar-refractivity contribution in [2.45, 2.75) is 25.8 Å². The molecule has 1 aliphatic heterocycles. The van der Waals surface area contributed by atoms with E-state index >= 15 is 0 Å². The molecular formula is C13H17NO2. The van der Waals surface area contributed by atoms with Gasteiger partial charge in [0.1, 0.15) is 12.4 Å². The van der Waals surface area contributed by atoms with Gasteiger partial charge in [-0.05, 0) is 31.5 Å². The van der Waals surface area contributed by atoms with Crippen molar-refractivity contribution >= 4 is 5.90 Å². The minimum Gasteiger partial charge on any atom is -0.497 e. The average molecular weight is 219 g/mol. The van der Waals surface area contributed by atoms with Gasteiger partial charge in [0, 0.05) is 6.42 Å². The monoisotopic (exact) mass is 219 g/mol. The SMILES string of the molecule is COc1cccc(CC2=NC(C)(C)CO2)c1. The summed E-state index contributed by atoms with van der Waals surface area (Å²) >= 11 is 0. The van der Waals surface area contributed by atoms with E-state index in [2.05, 4.69) is 24.9 Å². The van der Waals surface area contributed by atoms with Crippen LogP contribution in [0.3, 0.4) is 0 Å². The summed E-state index contributed by atoms with van der Waals surface area (Å²) in [6.07, 6.45) is 0.737. The number of ether oxygens (including phenoxy) is 2. The van der Waals surface area contributed by atoms with E-state index in [1.165, 1.54) is 0 Å². The molecule has 0 atom stereocenters. The summed E-state index contributed by atoms with van der Waals surface area (Å²) in [5.41, 5.74) is 1.09. The fourth-order valence-electron chi connectivity index (χ4n) is 1.71. The van der Waals surface area contributed by atoms with E-state index in [1.807, 2.05) is 18.2 Å². The summed E-state index contributed by atoms with van der Waals surface area (Å²) < 4.78 is 10.7. The smallest absolute Gasteiger partial charge is 0.188 e. The van der Waals surface area contributed by atoms with Gasteiger partial charge < -0.3 is 9.47 Å². The van der Waals surface area contributed by atoms with Crippen LogP contribution < -0.4 is 4.74 Å². The number of methoxy groups -OCH3 is 1. The molecule has 0 spiro atoms. The molecular weight excluding hydrogens is 202 g/mol. The third-order valence-corrected chi connectivity index (χ3v) is 2.51. The van der Waals surface area contributed by atoms with Crippen molar-refractivity contribution in [3.8, 4) is 5.75 Å². The molecule has 0 fully saturated rings. The number of rotatable bonds is 3. The van der Waals surface area contributed by atoms with Crippen LogP contribution in [0, 0.1) is 0 Å². The minimum absolute atomic E-state index is 0.0752. The molecule has 0 saturated heterocycles. The first kappa shape index (κ1) is 11.0. The first-order valence-electron chi connectivity index (χ1n) is 5.43. The van der Waals surface area contributed by atoms with Crippen molar-refractivity contribution in [2.75, 3.05) is 13.7 Å². The van der Waals surface area contributed by atoms with E-state index in [0.717, 1.165) is 23.6 Å². The summed E-state index contributed by atoms with van der Waals surface area (Å²) in [5.74, 6) is 1.69. The van der Waals surface area contributed by atoms with Crippen molar-refractivity contribution in [3.63, 3.8) is 0 Å². The Morgan fingerprint density at radius 3 is 2.88 bits per heavy atom. The number of nitrogens with zero attached hydrogens (tertiary/aromatic N) is 1. The van der Waals surface area contributed by atoms with Gasteiger partial charge in [-0.1, -0.05) is 12.1 Å². The molecule has 3 heteroatoms. The van der Waals surface area contributed by atoms with Gasteiger partial charge >= 0.3 is 0 Å². The molecule has 1 aromatic rings. The Labute approximate surface area is 96.1 Å². The van der Waals surface area contributed by atoms with Crippen LogP contribution in [0.15, 0.2) is 29.3 Å². The molecule has 0 unspecified atom stereocenters. The molecule has 86 valence electrons. The molecule has 1 aliphatic rings. The van der Waals surface area contributed by atoms with Crippen molar-refractivity contribution in [2.24, 2.45) is 4.99 Å². The lowest BCUT2D eigenvalue weighted by molar-refractivity contribution is 0.275. The van der Waals surface area contributed by atoms with E-state index in [-0.39, 0.29) is 5.54 Å². The zero-order valence-electron chi connectivity index (χ0n) is 9.99. The van der Waals surface area contributed by atoms with Crippen LogP contribution in [0.25, 0.3) is 0 Å². The molecule has 0 amide bonds. The van der Waals surface area contributed by atoms with Gasteiger partial charge in [0.15, 0.2) is 5.90 Å². The third-order valence-electron chi connectivity index (χ3n) is 2.51. The van der Waals surface area contributed by atoms with E-state index in [0.29, 0.717) is 6.61 Å². The van der Waals surface area contributed by atoms with Crippen molar-refractivity contribution in [1.82, 2.24) is 0 Å². The second-order valence-electron chi connectivity index (χ2n) is 4.63. The second-order valence-corrected chi connectivity index (χ2v) is 4.63. The molecule has 0 N–H and O–H groups in total. The Balaban J connectivity index is 2.10. The van der Waals surface area contributed by atoms with Gasteiger partial charge in [0.05, 0.1) is 12.6 Å². The summed E-state index contributed by atoms with van der Waals surface area (Å²) in [7, 11) is 1.67. The van der Waals surface area contributed by atoms with E-state index < -0.39 is 0 Å². The lowest BCUT2D eigenvalue weighted by Crippen LogP contribution is -2.17. The van der Waals surface area contributed by atoms with Crippen molar-refractivity contribution in [1.29, 1.82) is 0 Å². The maximum Gasteiger partial charge on any atom is 0.188 e. The topological polar surface area (TPSA) is 30.8 Å². The predicted molar refractivity (Wildman–Crippen MR) is 64.2 cm³/mol. The maximum absolute atomic E-state index is 5.55. The molecule has 0 aliphatic carbocycles. The van der Waals surface area contributed by atoms with Crippen molar-refractivity contribution < 1.29 is 9.47 Å². The molecule has 0 aromatic heterocycles. The molecule has 16 heavy (non-hydrogen) atoms. The summed E-state index contributed by atoms with van der Waals surface area (Å²) in [6, 6.07) is 7.98. The Bertz CT molecular complexity index is 410. The Morgan fingerprint density at radius 2 is 2.25 bits per heavy atom. The maximum atomic E-state index is 5.55. The molecule has 2 rings (SSSR count). The average Bonchev–Trinajstić information content (AvgIpc) is 2.58. The molecule has 1 aromatic carbocycles. The minimum atomic E-state index is -0.0752. The fraction of sp³-hybridized carbons (Fsp3) is 0.462. The Morgan fingerprint density at radius 1 is 1.44 bits per heavy atom. The van der Waals surface area contributed by atoms with Gasteiger partial charge in [0.25, 0.3) is 0 Å². The van der Waals surface area contributed by atoms with E-state index in [4.69, 9.17) is 9.47 Å². The highest BCUT2D eigenvalue weighted by Crippen LogP contribution is 2.20. The molecule has 1 heterocycles. The highest BCUT2D eigenvalue weighted by molar-refractivity contribution is 5.80. The zero-order valence-corrected chi connectivity index (χ0v) is 9.99. The number of benzene rings is 1. The summed E-state index contributed by atoms with van der Waals surface area (Å²) in [4.78, 5) is 4.52. The number of hydrogen-bond donors (Lipinski definition) is 0. The lowest BCUT2D eigenvalue weighted by atomic mass is 10.1. The summed E-state index contributed by atoms with van der Waals surface area (Å²) in [5, 5.41) is 0. The molecule has 3 nitrogen and oxygen atoms in total. The largest absolute Gasteiger partial charge is 0.497 e. The Hall–Kier alpha value is -1.51. The van der Waals surface area contributed by atoms with Gasteiger partial charge in [-0.3, -0.25) is 0 Å². The van der Waals surface area contributed by atoms with Crippen LogP contribution in [0.5, 0.6) is 5.75 Å². The molecule has 0 radical (unpaired) electrons.